The highest BCUT2D eigenvalue weighted by molar-refractivity contribution is 7.17. The monoisotopic (exact) mass is 563 g/mol. The van der Waals surface area contributed by atoms with Crippen LogP contribution in [0.25, 0.3) is 17.0 Å². The Morgan fingerprint density at radius 3 is 2.67 bits per heavy atom. The number of unbranched alkanes of at least 4 members (excludes halogenated alkanes) is 3. The summed E-state index contributed by atoms with van der Waals surface area (Å²) in [5, 5.41) is 14.0. The Kier molecular flexibility index (Phi) is 10.4. The quantitative estimate of drug-likeness (QED) is 0.104. The van der Waals surface area contributed by atoms with E-state index in [4.69, 9.17) is 13.9 Å². The zero-order chi connectivity index (χ0) is 28.3. The Morgan fingerprint density at radius 2 is 1.90 bits per heavy atom. The molecule has 1 N–H and O–H groups in total. The lowest BCUT2D eigenvalue weighted by atomic mass is 10.1. The number of ether oxygens (including phenoxy) is 2. The largest absolute Gasteiger partial charge is 0.497 e. The first-order chi connectivity index (χ1) is 19.5. The molecular formula is C30H33N3O6S. The summed E-state index contributed by atoms with van der Waals surface area (Å²) in [6, 6.07) is 12.5. The number of fused-ring (bicyclic) bond motifs is 1. The fourth-order valence-electron chi connectivity index (χ4n) is 4.48. The highest BCUT2D eigenvalue weighted by Gasteiger charge is 2.16. The van der Waals surface area contributed by atoms with Gasteiger partial charge in [0.15, 0.2) is 0 Å². The van der Waals surface area contributed by atoms with Crippen molar-refractivity contribution >= 4 is 45.3 Å². The van der Waals surface area contributed by atoms with Crippen molar-refractivity contribution < 1.29 is 23.5 Å². The third-order valence-corrected chi connectivity index (χ3v) is 7.78. The summed E-state index contributed by atoms with van der Waals surface area (Å²) < 4.78 is 15.7. The van der Waals surface area contributed by atoms with Crippen molar-refractivity contribution in [3.8, 4) is 11.8 Å². The molecule has 1 aliphatic heterocycles. The fraction of sp³-hybridized carbons (Fsp3) is 0.400. The summed E-state index contributed by atoms with van der Waals surface area (Å²) >= 11 is 1.58. The zero-order valence-electron chi connectivity index (χ0n) is 22.6. The maximum atomic E-state index is 12.5. The van der Waals surface area contributed by atoms with Gasteiger partial charge in [0.1, 0.15) is 28.5 Å². The highest BCUT2D eigenvalue weighted by Crippen LogP contribution is 2.30. The first-order valence-electron chi connectivity index (χ1n) is 13.5. The molecule has 10 heteroatoms. The van der Waals surface area contributed by atoms with E-state index in [1.165, 1.54) is 32.4 Å². The van der Waals surface area contributed by atoms with Gasteiger partial charge in [-0.1, -0.05) is 6.42 Å². The number of piperidine rings is 1. The predicted octanol–water partition coefficient (Wildman–Crippen LogP) is 5.29. The number of nitrogens with zero attached hydrogens (tertiary/aromatic N) is 2. The minimum absolute atomic E-state index is 0.00735. The SMILES string of the molecule is COc1ccc2cc(C(=O)NCCCCCCOC(=O)/C(C#N)=C/c3ccc(N4CCCCC4)s3)c(=O)oc2c1. The van der Waals surface area contributed by atoms with Crippen LogP contribution in [0.15, 0.2) is 51.2 Å². The van der Waals surface area contributed by atoms with E-state index in [2.05, 4.69) is 10.2 Å². The van der Waals surface area contributed by atoms with E-state index in [0.717, 1.165) is 35.8 Å². The maximum absolute atomic E-state index is 12.5. The normalized spacial score (nSPS) is 13.6. The molecule has 0 bridgehead atoms. The molecule has 0 saturated carbocycles. The number of methoxy groups -OCH3 is 1. The minimum Gasteiger partial charge on any atom is -0.497 e. The summed E-state index contributed by atoms with van der Waals surface area (Å²) in [5.74, 6) is -0.537. The van der Waals surface area contributed by atoms with E-state index >= 15 is 0 Å². The van der Waals surface area contributed by atoms with Gasteiger partial charge < -0.3 is 24.1 Å². The van der Waals surface area contributed by atoms with Gasteiger partial charge in [-0.15, -0.1) is 11.3 Å². The van der Waals surface area contributed by atoms with E-state index in [0.29, 0.717) is 36.1 Å². The van der Waals surface area contributed by atoms with Crippen molar-refractivity contribution in [2.45, 2.75) is 44.9 Å². The Labute approximate surface area is 237 Å². The van der Waals surface area contributed by atoms with Gasteiger partial charge in [-0.2, -0.15) is 5.26 Å². The van der Waals surface area contributed by atoms with Crippen LogP contribution in [0.5, 0.6) is 5.75 Å². The number of hydrogen-bond donors (Lipinski definition) is 1. The number of nitrogens with one attached hydrogen (secondary N) is 1. The Morgan fingerprint density at radius 1 is 1.10 bits per heavy atom. The van der Waals surface area contributed by atoms with Crippen molar-refractivity contribution in [2.24, 2.45) is 0 Å². The number of thiophene rings is 1. The van der Waals surface area contributed by atoms with E-state index in [1.54, 1.807) is 35.6 Å². The van der Waals surface area contributed by atoms with Crippen LogP contribution in [0.3, 0.4) is 0 Å². The molecule has 4 rings (SSSR count). The second-order valence-electron chi connectivity index (χ2n) is 9.55. The Bertz CT molecular complexity index is 1460. The number of nitriles is 1. The molecule has 0 radical (unpaired) electrons. The number of carbonyl (C=O) groups excluding carboxylic acids is 2. The number of esters is 1. The molecule has 1 saturated heterocycles. The average Bonchev–Trinajstić information content (AvgIpc) is 3.45. The van der Waals surface area contributed by atoms with Gasteiger partial charge in [0.05, 0.1) is 18.7 Å². The summed E-state index contributed by atoms with van der Waals surface area (Å²) in [5.41, 5.74) is -0.400. The maximum Gasteiger partial charge on any atom is 0.349 e. The van der Waals surface area contributed by atoms with Gasteiger partial charge >= 0.3 is 11.6 Å². The predicted molar refractivity (Wildman–Crippen MR) is 155 cm³/mol. The minimum atomic E-state index is -0.702. The molecule has 1 aliphatic rings. The standard InChI is InChI=1S/C30H33N3O6S/c1-37-23-10-9-21-18-25(30(36)39-26(21)19-23)28(34)32-13-5-2-3-8-16-38-29(35)22(20-31)17-24-11-12-27(40-24)33-14-6-4-7-15-33/h9-12,17-19H,2-8,13-16H2,1H3,(H,32,34)/b22-17+. The van der Waals surface area contributed by atoms with Gasteiger partial charge in [-0.05, 0) is 74.9 Å². The van der Waals surface area contributed by atoms with Crippen molar-refractivity contribution in [1.29, 1.82) is 5.26 Å². The van der Waals surface area contributed by atoms with Crippen LogP contribution in [0.1, 0.15) is 60.2 Å². The molecule has 9 nitrogen and oxygen atoms in total. The van der Waals surface area contributed by atoms with Crippen LogP contribution < -0.4 is 20.6 Å². The molecule has 1 aromatic carbocycles. The summed E-state index contributed by atoms with van der Waals surface area (Å²) in [7, 11) is 1.52. The van der Waals surface area contributed by atoms with Crippen LogP contribution in [0, 0.1) is 11.3 Å². The molecule has 1 amide bonds. The number of carbonyl (C=O) groups is 2. The van der Waals surface area contributed by atoms with E-state index in [1.807, 2.05) is 18.2 Å². The first kappa shape index (κ1) is 28.9. The van der Waals surface area contributed by atoms with Gasteiger partial charge in [0.2, 0.25) is 0 Å². The second kappa shape index (κ2) is 14.3. The molecule has 40 heavy (non-hydrogen) atoms. The van der Waals surface area contributed by atoms with Crippen LogP contribution in [-0.2, 0) is 9.53 Å². The van der Waals surface area contributed by atoms with E-state index < -0.39 is 17.5 Å². The van der Waals surface area contributed by atoms with Crippen LogP contribution in [-0.4, -0.2) is 45.2 Å². The lowest BCUT2D eigenvalue weighted by Crippen LogP contribution is -2.29. The van der Waals surface area contributed by atoms with Gasteiger partial charge in [-0.3, -0.25) is 4.79 Å². The number of amides is 1. The van der Waals surface area contributed by atoms with Gasteiger partial charge in [0.25, 0.3) is 5.91 Å². The lowest BCUT2D eigenvalue weighted by molar-refractivity contribution is -0.138. The second-order valence-corrected chi connectivity index (χ2v) is 10.6. The van der Waals surface area contributed by atoms with Crippen molar-refractivity contribution in [1.82, 2.24) is 5.32 Å². The molecule has 0 unspecified atom stereocenters. The fourth-order valence-corrected chi connectivity index (χ4v) is 5.48. The van der Waals surface area contributed by atoms with Crippen LogP contribution in [0.4, 0.5) is 5.00 Å². The van der Waals surface area contributed by atoms with Crippen molar-refractivity contribution in [3.05, 3.63) is 62.8 Å². The summed E-state index contributed by atoms with van der Waals surface area (Å²) in [6.07, 6.45) is 8.18. The third kappa shape index (κ3) is 7.73. The van der Waals surface area contributed by atoms with Crippen molar-refractivity contribution in [3.63, 3.8) is 0 Å². The number of rotatable bonds is 12. The van der Waals surface area contributed by atoms with Gasteiger partial charge in [0, 0.05) is 36.0 Å². The molecule has 3 aromatic rings. The summed E-state index contributed by atoms with van der Waals surface area (Å²) in [4.78, 5) is 40.3. The third-order valence-electron chi connectivity index (χ3n) is 6.68. The molecule has 1 fully saturated rings. The zero-order valence-corrected chi connectivity index (χ0v) is 23.4. The van der Waals surface area contributed by atoms with Crippen molar-refractivity contribution in [2.75, 3.05) is 38.3 Å². The molecule has 2 aromatic heterocycles. The Balaban J connectivity index is 1.14. The number of benzene rings is 1. The molecule has 0 aliphatic carbocycles. The van der Waals surface area contributed by atoms with Crippen LogP contribution in [0.2, 0.25) is 0 Å². The van der Waals surface area contributed by atoms with E-state index in [-0.39, 0.29) is 17.7 Å². The lowest BCUT2D eigenvalue weighted by Gasteiger charge is -2.27. The van der Waals surface area contributed by atoms with Crippen LogP contribution >= 0.6 is 11.3 Å². The molecule has 210 valence electrons. The average molecular weight is 564 g/mol. The number of hydrogen-bond acceptors (Lipinski definition) is 9. The molecule has 3 heterocycles. The summed E-state index contributed by atoms with van der Waals surface area (Å²) in [6.45, 7) is 2.71. The molecule has 0 atom stereocenters. The molecular weight excluding hydrogens is 530 g/mol. The van der Waals surface area contributed by atoms with Gasteiger partial charge in [-0.25, -0.2) is 9.59 Å². The first-order valence-corrected chi connectivity index (χ1v) is 14.3. The van der Waals surface area contributed by atoms with E-state index in [9.17, 15) is 19.6 Å². The highest BCUT2D eigenvalue weighted by atomic mass is 32.1. The number of anilines is 1. The molecule has 0 spiro atoms. The topological polar surface area (TPSA) is 122 Å². The Hall–Kier alpha value is -4.10. The smallest absolute Gasteiger partial charge is 0.349 e.